The number of thiazole rings is 1. The molecule has 15 heteroatoms. The molecule has 4 saturated carbocycles. The topological polar surface area (TPSA) is 145 Å². The second kappa shape index (κ2) is 9.56. The number of aromatic nitrogens is 3. The number of anilines is 1. The van der Waals surface area contributed by atoms with Crippen molar-refractivity contribution < 1.29 is 30.0 Å². The lowest BCUT2D eigenvalue weighted by molar-refractivity contribution is -0.0274. The fourth-order valence-corrected chi connectivity index (χ4v) is 11.7. The van der Waals surface area contributed by atoms with E-state index in [0.717, 1.165) is 36.4 Å². The van der Waals surface area contributed by atoms with E-state index in [4.69, 9.17) is 15.1 Å². The van der Waals surface area contributed by atoms with Crippen molar-refractivity contribution in [2.45, 2.75) is 48.5 Å². The highest BCUT2D eigenvalue weighted by molar-refractivity contribution is 7.92. The predicted molar refractivity (Wildman–Crippen MR) is 162 cm³/mol. The summed E-state index contributed by atoms with van der Waals surface area (Å²) in [6.07, 6.45) is 6.04. The van der Waals surface area contributed by atoms with Crippen LogP contribution in [0.2, 0.25) is 0 Å². The predicted octanol–water partition coefficient (Wildman–Crippen LogP) is 5.04. The molecule has 2 aromatic heterocycles. The standard InChI is InChI=1S/C30H26F3N5O4S3/c31-20-5-4-18(23(33)26(20)45(34,41)42)17-2-1-3-19(22(17)32)24-25(43-27(38-24)30-8-15(9-30)10-30)21-6-7-35-28(37-21)36-16-11-29(12-16)13-44(39,40)14-29/h1-7,15-16H,8-14H2,(H2,34,41,42)(H,35,36,37). The minimum absolute atomic E-state index is 0.0370. The zero-order valence-corrected chi connectivity index (χ0v) is 26.0. The molecule has 9 nitrogen and oxygen atoms in total. The van der Waals surface area contributed by atoms with Crippen LogP contribution < -0.4 is 10.5 Å². The first-order valence-electron chi connectivity index (χ1n) is 14.4. The molecular weight excluding hydrogens is 648 g/mol. The molecule has 2 aromatic carbocycles. The lowest BCUT2D eigenvalue weighted by Gasteiger charge is -2.60. The Hall–Kier alpha value is -3.40. The van der Waals surface area contributed by atoms with E-state index in [1.54, 1.807) is 12.3 Å². The Morgan fingerprint density at radius 2 is 1.60 bits per heavy atom. The van der Waals surface area contributed by atoms with Crippen molar-refractivity contribution in [1.82, 2.24) is 15.0 Å². The highest BCUT2D eigenvalue weighted by Crippen LogP contribution is 2.66. The zero-order valence-electron chi connectivity index (χ0n) is 23.6. The van der Waals surface area contributed by atoms with Gasteiger partial charge in [-0.2, -0.15) is 0 Å². The second-order valence-corrected chi connectivity index (χ2v) is 17.5. The van der Waals surface area contributed by atoms with Gasteiger partial charge in [0.2, 0.25) is 16.0 Å². The fraction of sp³-hybridized carbons (Fsp3) is 0.367. The largest absolute Gasteiger partial charge is 0.351 e. The van der Waals surface area contributed by atoms with Crippen LogP contribution in [0.3, 0.4) is 0 Å². The first kappa shape index (κ1) is 29.0. The molecule has 0 atom stereocenters. The van der Waals surface area contributed by atoms with E-state index in [0.29, 0.717) is 41.0 Å². The van der Waals surface area contributed by atoms with Crippen LogP contribution in [0.15, 0.2) is 47.5 Å². The smallest absolute Gasteiger partial charge is 0.243 e. The number of hydrogen-bond acceptors (Lipinski definition) is 9. The number of nitrogens with two attached hydrogens (primary N) is 1. The third-order valence-corrected chi connectivity index (χ3v) is 14.0. The van der Waals surface area contributed by atoms with Gasteiger partial charge in [-0.1, -0.05) is 12.1 Å². The van der Waals surface area contributed by atoms with Gasteiger partial charge in [-0.05, 0) is 62.3 Å². The van der Waals surface area contributed by atoms with Crippen molar-refractivity contribution in [2.75, 3.05) is 16.8 Å². The molecule has 1 aliphatic heterocycles. The van der Waals surface area contributed by atoms with E-state index in [1.165, 1.54) is 29.5 Å². The summed E-state index contributed by atoms with van der Waals surface area (Å²) in [5.41, 5.74) is -0.0741. The van der Waals surface area contributed by atoms with Crippen molar-refractivity contribution in [3.8, 4) is 33.0 Å². The number of hydrogen-bond donors (Lipinski definition) is 2. The molecule has 0 amide bonds. The SMILES string of the molecule is NS(=O)(=O)c1c(F)ccc(-c2cccc(-c3nc(C45CC(C4)C5)sc3-c3ccnc(NC4CC5(C4)CS(=O)(=O)C5)n3)c2F)c1F. The highest BCUT2D eigenvalue weighted by atomic mass is 32.2. The minimum Gasteiger partial charge on any atom is -0.351 e. The van der Waals surface area contributed by atoms with Crippen LogP contribution in [-0.2, 0) is 25.3 Å². The van der Waals surface area contributed by atoms with Crippen LogP contribution in [0.4, 0.5) is 19.1 Å². The molecule has 45 heavy (non-hydrogen) atoms. The summed E-state index contributed by atoms with van der Waals surface area (Å²) in [5.74, 6) is -2.26. The van der Waals surface area contributed by atoms with Gasteiger partial charge < -0.3 is 5.32 Å². The monoisotopic (exact) mass is 673 g/mol. The van der Waals surface area contributed by atoms with E-state index in [9.17, 15) is 21.2 Å². The summed E-state index contributed by atoms with van der Waals surface area (Å²) in [6, 6.07) is 7.74. The van der Waals surface area contributed by atoms with Gasteiger partial charge in [0, 0.05) is 39.8 Å². The Bertz CT molecular complexity index is 2120. The van der Waals surface area contributed by atoms with Gasteiger partial charge in [-0.25, -0.2) is 50.1 Å². The molecule has 5 aliphatic rings. The molecule has 4 aromatic rings. The van der Waals surface area contributed by atoms with Gasteiger partial charge in [0.1, 0.15) is 16.6 Å². The molecule has 0 radical (unpaired) electrons. The molecule has 3 heterocycles. The summed E-state index contributed by atoms with van der Waals surface area (Å²) < 4.78 is 93.2. The molecule has 1 saturated heterocycles. The lowest BCUT2D eigenvalue weighted by Crippen LogP contribution is -2.60. The highest BCUT2D eigenvalue weighted by Gasteiger charge is 2.59. The number of sulfonamides is 1. The maximum absolute atomic E-state index is 16.4. The molecule has 2 bridgehead atoms. The van der Waals surface area contributed by atoms with Crippen LogP contribution in [0.5, 0.6) is 0 Å². The number of sulfone groups is 1. The molecular formula is C30H26F3N5O4S3. The van der Waals surface area contributed by atoms with Crippen LogP contribution in [0.25, 0.3) is 33.0 Å². The first-order chi connectivity index (χ1) is 21.2. The zero-order chi connectivity index (χ0) is 31.5. The van der Waals surface area contributed by atoms with Crippen molar-refractivity contribution in [3.05, 3.63) is 65.1 Å². The van der Waals surface area contributed by atoms with E-state index in [2.05, 4.69) is 10.3 Å². The molecule has 4 aliphatic carbocycles. The van der Waals surface area contributed by atoms with Crippen molar-refractivity contribution >= 4 is 37.1 Å². The van der Waals surface area contributed by atoms with E-state index < -0.39 is 47.8 Å². The van der Waals surface area contributed by atoms with Gasteiger partial charge in [0.05, 0.1) is 27.8 Å². The summed E-state index contributed by atoms with van der Waals surface area (Å²) in [4.78, 5) is 13.3. The van der Waals surface area contributed by atoms with Gasteiger partial charge in [-0.15, -0.1) is 11.3 Å². The van der Waals surface area contributed by atoms with Crippen LogP contribution >= 0.6 is 11.3 Å². The van der Waals surface area contributed by atoms with Crippen LogP contribution in [0, 0.1) is 28.8 Å². The van der Waals surface area contributed by atoms with Gasteiger partial charge in [-0.3, -0.25) is 0 Å². The van der Waals surface area contributed by atoms with E-state index >= 15 is 8.78 Å². The maximum Gasteiger partial charge on any atom is 0.243 e. The Morgan fingerprint density at radius 3 is 2.24 bits per heavy atom. The molecule has 0 unspecified atom stereocenters. The normalized spacial score (nSPS) is 24.3. The fourth-order valence-electron chi connectivity index (χ4n) is 7.52. The van der Waals surface area contributed by atoms with Gasteiger partial charge in [0.25, 0.3) is 0 Å². The molecule has 3 N–H and O–H groups in total. The number of benzene rings is 2. The van der Waals surface area contributed by atoms with E-state index in [1.807, 2.05) is 0 Å². The van der Waals surface area contributed by atoms with Crippen molar-refractivity contribution in [1.29, 1.82) is 0 Å². The maximum atomic E-state index is 16.4. The number of halogens is 3. The van der Waals surface area contributed by atoms with Crippen molar-refractivity contribution in [3.63, 3.8) is 0 Å². The number of nitrogens with one attached hydrogen (secondary N) is 1. The number of primary sulfonamides is 1. The third-order valence-electron chi connectivity index (χ3n) is 9.63. The van der Waals surface area contributed by atoms with Gasteiger partial charge >= 0.3 is 0 Å². The quantitative estimate of drug-likeness (QED) is 0.278. The molecule has 9 rings (SSSR count). The average Bonchev–Trinajstić information content (AvgIpc) is 3.29. The third kappa shape index (κ3) is 4.61. The van der Waals surface area contributed by atoms with Crippen LogP contribution in [0.1, 0.15) is 37.1 Å². The van der Waals surface area contributed by atoms with E-state index in [-0.39, 0.29) is 39.5 Å². The minimum atomic E-state index is -4.77. The average molecular weight is 674 g/mol. The summed E-state index contributed by atoms with van der Waals surface area (Å²) >= 11 is 1.43. The first-order valence-corrected chi connectivity index (χ1v) is 18.6. The van der Waals surface area contributed by atoms with Crippen molar-refractivity contribution in [2.24, 2.45) is 16.5 Å². The summed E-state index contributed by atoms with van der Waals surface area (Å²) in [6.45, 7) is 0. The Kier molecular flexibility index (Phi) is 6.17. The summed E-state index contributed by atoms with van der Waals surface area (Å²) in [5, 5.41) is 9.21. The number of rotatable bonds is 7. The Balaban J connectivity index is 1.18. The molecule has 1 spiro atoms. The van der Waals surface area contributed by atoms with Crippen LogP contribution in [-0.4, -0.2) is 49.3 Å². The Labute approximate surface area is 261 Å². The second-order valence-electron chi connectivity index (χ2n) is 13.0. The lowest BCUT2D eigenvalue weighted by atomic mass is 9.45. The number of nitrogens with zero attached hydrogens (tertiary/aromatic N) is 3. The Morgan fingerprint density at radius 1 is 0.911 bits per heavy atom. The molecule has 234 valence electrons. The molecule has 5 fully saturated rings. The summed E-state index contributed by atoms with van der Waals surface area (Å²) in [7, 11) is -7.70. The van der Waals surface area contributed by atoms with Gasteiger partial charge in [0.15, 0.2) is 20.5 Å².